The van der Waals surface area contributed by atoms with Gasteiger partial charge < -0.3 is 10.4 Å². The van der Waals surface area contributed by atoms with Gasteiger partial charge in [-0.3, -0.25) is 4.79 Å². The highest BCUT2D eigenvalue weighted by molar-refractivity contribution is 7.14. The second-order valence-electron chi connectivity index (χ2n) is 5.27. The molecule has 1 aliphatic rings. The van der Waals surface area contributed by atoms with Gasteiger partial charge in [0.15, 0.2) is 0 Å². The first kappa shape index (κ1) is 15.0. The molecule has 0 aromatic carbocycles. The molecule has 0 spiro atoms. The average molecular weight is 295 g/mol. The summed E-state index contributed by atoms with van der Waals surface area (Å²) in [4.78, 5) is 25.2. The number of hydrogen-bond donors (Lipinski definition) is 2. The van der Waals surface area contributed by atoms with Crippen molar-refractivity contribution in [2.45, 2.75) is 57.9 Å². The molecule has 1 amide bonds. The Morgan fingerprint density at radius 1 is 1.35 bits per heavy atom. The maximum atomic E-state index is 12.2. The lowest BCUT2D eigenvalue weighted by molar-refractivity contribution is -0.139. The summed E-state index contributed by atoms with van der Waals surface area (Å²) >= 11 is 1.52. The Labute approximate surface area is 123 Å². The van der Waals surface area contributed by atoms with Gasteiger partial charge in [-0.25, -0.2) is 4.79 Å². The van der Waals surface area contributed by atoms with E-state index < -0.39 is 12.0 Å². The number of carboxylic acid groups (broad SMARTS) is 1. The van der Waals surface area contributed by atoms with Crippen LogP contribution < -0.4 is 5.32 Å². The molecule has 5 heteroatoms. The van der Waals surface area contributed by atoms with Crippen molar-refractivity contribution in [2.75, 3.05) is 0 Å². The molecule has 20 heavy (non-hydrogen) atoms. The van der Waals surface area contributed by atoms with Crippen LogP contribution in [0, 0.1) is 0 Å². The highest BCUT2D eigenvalue weighted by Gasteiger charge is 2.22. The molecule has 2 rings (SSSR count). The monoisotopic (exact) mass is 295 g/mol. The molecule has 1 unspecified atom stereocenters. The lowest BCUT2D eigenvalue weighted by Crippen LogP contribution is -2.40. The van der Waals surface area contributed by atoms with Crippen LogP contribution in [0.5, 0.6) is 0 Å². The molecule has 0 bridgehead atoms. The summed E-state index contributed by atoms with van der Waals surface area (Å²) in [6, 6.07) is 1.17. The highest BCUT2D eigenvalue weighted by Crippen LogP contribution is 2.29. The number of amides is 1. The van der Waals surface area contributed by atoms with E-state index in [1.54, 1.807) is 0 Å². The summed E-state index contributed by atoms with van der Waals surface area (Å²) in [5, 5.41) is 11.7. The van der Waals surface area contributed by atoms with Crippen LogP contribution in [0.3, 0.4) is 0 Å². The van der Waals surface area contributed by atoms with E-state index in [0.717, 1.165) is 19.3 Å². The minimum absolute atomic E-state index is 0.246. The van der Waals surface area contributed by atoms with Gasteiger partial charge in [0.25, 0.3) is 5.91 Å². The van der Waals surface area contributed by atoms with Crippen LogP contribution in [-0.4, -0.2) is 23.0 Å². The number of nitrogens with one attached hydrogen (secondary N) is 1. The Bertz CT molecular complexity index is 472. The molecule has 1 atom stereocenters. The van der Waals surface area contributed by atoms with E-state index in [1.807, 2.05) is 13.0 Å². The maximum absolute atomic E-state index is 12.2. The minimum Gasteiger partial charge on any atom is -0.480 e. The van der Waals surface area contributed by atoms with E-state index in [2.05, 4.69) is 5.32 Å². The van der Waals surface area contributed by atoms with Crippen LogP contribution >= 0.6 is 11.3 Å². The van der Waals surface area contributed by atoms with Gasteiger partial charge in [0.1, 0.15) is 6.04 Å². The van der Waals surface area contributed by atoms with Crippen LogP contribution in [0.25, 0.3) is 0 Å². The van der Waals surface area contributed by atoms with Crippen molar-refractivity contribution in [2.24, 2.45) is 0 Å². The van der Waals surface area contributed by atoms with Gasteiger partial charge in [-0.05, 0) is 43.7 Å². The van der Waals surface area contributed by atoms with E-state index in [9.17, 15) is 9.59 Å². The number of hydrogen-bond acceptors (Lipinski definition) is 3. The predicted octanol–water partition coefficient (Wildman–Crippen LogP) is 3.00. The van der Waals surface area contributed by atoms with Gasteiger partial charge in [0, 0.05) is 4.88 Å². The van der Waals surface area contributed by atoms with Crippen molar-refractivity contribution in [3.05, 3.63) is 21.4 Å². The van der Waals surface area contributed by atoms with E-state index in [1.165, 1.54) is 41.0 Å². The second kappa shape index (κ2) is 6.88. The first-order chi connectivity index (χ1) is 9.61. The van der Waals surface area contributed by atoms with Crippen molar-refractivity contribution < 1.29 is 14.7 Å². The fourth-order valence-electron chi connectivity index (χ4n) is 2.55. The molecule has 1 aliphatic carbocycles. The van der Waals surface area contributed by atoms with Crippen molar-refractivity contribution in [1.82, 2.24) is 5.32 Å². The Morgan fingerprint density at radius 3 is 2.80 bits per heavy atom. The molecule has 1 aromatic heterocycles. The van der Waals surface area contributed by atoms with Crippen LogP contribution in [0.15, 0.2) is 6.07 Å². The lowest BCUT2D eigenvalue weighted by atomic mass is 10.1. The Balaban J connectivity index is 2.07. The molecule has 0 saturated heterocycles. The zero-order valence-corrected chi connectivity index (χ0v) is 12.6. The highest BCUT2D eigenvalue weighted by atomic mass is 32.1. The fourth-order valence-corrected chi connectivity index (χ4v) is 3.71. The standard InChI is InChI=1S/C15H21NO3S/c1-2-6-11(15(18)19)16-14(17)13-9-10-7-4-3-5-8-12(10)20-13/h9,11H,2-8H2,1H3,(H,16,17)(H,18,19). The van der Waals surface area contributed by atoms with E-state index in [0.29, 0.717) is 11.3 Å². The number of thiophene rings is 1. The minimum atomic E-state index is -0.960. The number of fused-ring (bicyclic) bond motifs is 1. The number of carbonyl (C=O) groups is 2. The normalized spacial score (nSPS) is 16.1. The van der Waals surface area contributed by atoms with Gasteiger partial charge in [0.05, 0.1) is 4.88 Å². The summed E-state index contributed by atoms with van der Waals surface area (Å²) in [6.07, 6.45) is 6.90. The Hall–Kier alpha value is -1.36. The average Bonchev–Trinajstić information content (AvgIpc) is 2.69. The first-order valence-electron chi connectivity index (χ1n) is 7.27. The van der Waals surface area contributed by atoms with E-state index in [-0.39, 0.29) is 5.91 Å². The SMILES string of the molecule is CCCC(NC(=O)c1cc2c(s1)CCCCC2)C(=O)O. The first-order valence-corrected chi connectivity index (χ1v) is 8.08. The predicted molar refractivity (Wildman–Crippen MR) is 79.4 cm³/mol. The lowest BCUT2D eigenvalue weighted by Gasteiger charge is -2.12. The van der Waals surface area contributed by atoms with Gasteiger partial charge in [-0.15, -0.1) is 11.3 Å². The number of aryl methyl sites for hydroxylation is 2. The zero-order valence-electron chi connectivity index (χ0n) is 11.8. The summed E-state index contributed by atoms with van der Waals surface area (Å²) < 4.78 is 0. The molecule has 1 heterocycles. The largest absolute Gasteiger partial charge is 0.480 e. The molecule has 110 valence electrons. The molecule has 0 saturated carbocycles. The molecular formula is C15H21NO3S. The van der Waals surface area contributed by atoms with Gasteiger partial charge in [-0.1, -0.05) is 19.8 Å². The second-order valence-corrected chi connectivity index (χ2v) is 6.41. The third-order valence-corrected chi connectivity index (χ3v) is 4.89. The molecule has 4 nitrogen and oxygen atoms in total. The van der Waals surface area contributed by atoms with Crippen molar-refractivity contribution in [3.8, 4) is 0 Å². The third-order valence-electron chi connectivity index (χ3n) is 3.65. The molecular weight excluding hydrogens is 274 g/mol. The maximum Gasteiger partial charge on any atom is 0.326 e. The zero-order chi connectivity index (χ0) is 14.5. The van der Waals surface area contributed by atoms with Crippen molar-refractivity contribution >= 4 is 23.2 Å². The topological polar surface area (TPSA) is 66.4 Å². The van der Waals surface area contributed by atoms with Crippen molar-refractivity contribution in [1.29, 1.82) is 0 Å². The summed E-state index contributed by atoms with van der Waals surface area (Å²) in [6.45, 7) is 1.91. The Morgan fingerprint density at radius 2 is 2.10 bits per heavy atom. The van der Waals surface area contributed by atoms with Gasteiger partial charge >= 0.3 is 5.97 Å². The Kier molecular flexibility index (Phi) is 5.17. The van der Waals surface area contributed by atoms with Crippen molar-refractivity contribution in [3.63, 3.8) is 0 Å². The smallest absolute Gasteiger partial charge is 0.326 e. The van der Waals surface area contributed by atoms with E-state index >= 15 is 0 Å². The number of carbonyl (C=O) groups excluding carboxylic acids is 1. The molecule has 1 aromatic rings. The van der Waals surface area contributed by atoms with Gasteiger partial charge in [0.2, 0.25) is 0 Å². The molecule has 0 radical (unpaired) electrons. The number of rotatable bonds is 5. The summed E-state index contributed by atoms with van der Waals surface area (Å²) in [5.41, 5.74) is 1.28. The van der Waals surface area contributed by atoms with Crippen LogP contribution in [0.2, 0.25) is 0 Å². The van der Waals surface area contributed by atoms with Crippen LogP contribution in [0.4, 0.5) is 0 Å². The number of carboxylic acids is 1. The van der Waals surface area contributed by atoms with Crippen LogP contribution in [0.1, 0.15) is 59.1 Å². The van der Waals surface area contributed by atoms with Gasteiger partial charge in [-0.2, -0.15) is 0 Å². The summed E-state index contributed by atoms with van der Waals surface area (Å²) in [7, 11) is 0. The van der Waals surface area contributed by atoms with E-state index in [4.69, 9.17) is 5.11 Å². The third kappa shape index (κ3) is 3.60. The molecule has 0 aliphatic heterocycles. The fraction of sp³-hybridized carbons (Fsp3) is 0.600. The van der Waals surface area contributed by atoms with Crippen LogP contribution in [-0.2, 0) is 17.6 Å². The molecule has 2 N–H and O–H groups in total. The summed E-state index contributed by atoms with van der Waals surface area (Å²) in [5.74, 6) is -1.21. The quantitative estimate of drug-likeness (QED) is 0.821. The number of aliphatic carboxylic acids is 1. The molecule has 0 fully saturated rings.